The lowest BCUT2D eigenvalue weighted by Gasteiger charge is -2.17. The molecular formula is C20H21BF2N4O2. The number of alkyl halides is 2. The van der Waals surface area contributed by atoms with Crippen LogP contribution in [0, 0.1) is 0 Å². The Balaban J connectivity index is 1.68. The van der Waals surface area contributed by atoms with Crippen LogP contribution in [0.3, 0.4) is 0 Å². The second-order valence-electron chi connectivity index (χ2n) is 7.41. The smallest absolute Gasteiger partial charge is 0.320 e. The zero-order valence-electron chi connectivity index (χ0n) is 15.9. The highest BCUT2D eigenvalue weighted by Gasteiger charge is 2.39. The van der Waals surface area contributed by atoms with Crippen molar-refractivity contribution in [3.8, 4) is 16.9 Å². The van der Waals surface area contributed by atoms with E-state index in [1.54, 1.807) is 19.0 Å². The zero-order valence-corrected chi connectivity index (χ0v) is 15.9. The molecule has 0 radical (unpaired) electrons. The van der Waals surface area contributed by atoms with Crippen LogP contribution in [-0.4, -0.2) is 47.3 Å². The average molecular weight is 398 g/mol. The molecule has 0 spiro atoms. The number of halogens is 2. The van der Waals surface area contributed by atoms with Crippen molar-refractivity contribution in [1.29, 1.82) is 0 Å². The lowest BCUT2D eigenvalue weighted by atomic mass is 9.64. The molecule has 1 aliphatic heterocycles. The topological polar surface area (TPSA) is 93.3 Å². The molecule has 1 aromatic heterocycles. The maximum Gasteiger partial charge on any atom is 0.320 e. The molecule has 6 nitrogen and oxygen atoms in total. The van der Waals surface area contributed by atoms with E-state index in [1.807, 2.05) is 24.3 Å². The summed E-state index contributed by atoms with van der Waals surface area (Å²) < 4.78 is 32.7. The highest BCUT2D eigenvalue weighted by molar-refractivity contribution is 6.64. The predicted octanol–water partition coefficient (Wildman–Crippen LogP) is 2.08. The number of fused-ring (bicyclic) bond motifs is 1. The van der Waals surface area contributed by atoms with Crippen molar-refractivity contribution in [2.75, 3.05) is 18.9 Å². The molecule has 1 fully saturated rings. The van der Waals surface area contributed by atoms with E-state index in [9.17, 15) is 13.8 Å². The highest BCUT2D eigenvalue weighted by Crippen LogP contribution is 2.33. The van der Waals surface area contributed by atoms with E-state index in [-0.39, 0.29) is 19.6 Å². The molecule has 1 saturated heterocycles. The summed E-state index contributed by atoms with van der Waals surface area (Å²) in [4.78, 5) is 0. The molecule has 29 heavy (non-hydrogen) atoms. The molecule has 4 N–H and O–H groups in total. The molecule has 4 rings (SSSR count). The Morgan fingerprint density at radius 2 is 2.14 bits per heavy atom. The van der Waals surface area contributed by atoms with Crippen LogP contribution < -0.4 is 21.3 Å². The van der Waals surface area contributed by atoms with Gasteiger partial charge in [0, 0.05) is 23.4 Å². The van der Waals surface area contributed by atoms with Crippen molar-refractivity contribution in [3.05, 3.63) is 42.6 Å². The van der Waals surface area contributed by atoms with E-state index in [1.165, 1.54) is 6.20 Å². The standard InChI is InChI=1S/C20H21BF2N4O2/c1-21(28)13-3-5-19(29-10-14-8-20(22,23)11-25-14)16(7-13)12-2-4-15-17(24)9-26-27-18(15)6-12/h2-7,9,14,25,28H,8,10-11H2,1H3,(H2,24,27)/t14-/m0/s1. The third-order valence-electron chi connectivity index (χ3n) is 5.10. The zero-order chi connectivity index (χ0) is 20.6. The first kappa shape index (κ1) is 19.5. The lowest BCUT2D eigenvalue weighted by Crippen LogP contribution is -2.29. The van der Waals surface area contributed by atoms with E-state index >= 15 is 0 Å². The average Bonchev–Trinajstić information content (AvgIpc) is 3.05. The third-order valence-corrected chi connectivity index (χ3v) is 5.10. The maximum atomic E-state index is 13.4. The molecule has 1 aliphatic rings. The normalized spacial score (nSPS) is 18.1. The van der Waals surface area contributed by atoms with Gasteiger partial charge in [-0.25, -0.2) is 8.78 Å². The van der Waals surface area contributed by atoms with Crippen molar-refractivity contribution in [1.82, 2.24) is 15.5 Å². The van der Waals surface area contributed by atoms with Gasteiger partial charge in [0.1, 0.15) is 12.4 Å². The first-order valence-electron chi connectivity index (χ1n) is 9.40. The third kappa shape index (κ3) is 4.15. The summed E-state index contributed by atoms with van der Waals surface area (Å²) in [7, 11) is 0. The van der Waals surface area contributed by atoms with Crippen molar-refractivity contribution in [2.45, 2.75) is 25.2 Å². The van der Waals surface area contributed by atoms with Crippen LogP contribution in [0.2, 0.25) is 6.82 Å². The van der Waals surface area contributed by atoms with Crippen molar-refractivity contribution in [3.63, 3.8) is 0 Å². The summed E-state index contributed by atoms with van der Waals surface area (Å²) in [5.41, 5.74) is 9.37. The quantitative estimate of drug-likeness (QED) is 0.570. The van der Waals surface area contributed by atoms with Crippen molar-refractivity contribution < 1.29 is 18.5 Å². The van der Waals surface area contributed by atoms with Gasteiger partial charge in [0.15, 0.2) is 0 Å². The highest BCUT2D eigenvalue weighted by atomic mass is 19.3. The number of aromatic nitrogens is 2. The predicted molar refractivity (Wildman–Crippen MR) is 110 cm³/mol. The molecule has 0 unspecified atom stereocenters. The van der Waals surface area contributed by atoms with Gasteiger partial charge in [-0.1, -0.05) is 25.0 Å². The van der Waals surface area contributed by atoms with Crippen LogP contribution in [-0.2, 0) is 0 Å². The van der Waals surface area contributed by atoms with E-state index in [0.717, 1.165) is 22.0 Å². The van der Waals surface area contributed by atoms with Gasteiger partial charge in [0.05, 0.1) is 23.9 Å². The molecule has 9 heteroatoms. The van der Waals surface area contributed by atoms with Crippen LogP contribution in [0.4, 0.5) is 14.5 Å². The van der Waals surface area contributed by atoms with Gasteiger partial charge < -0.3 is 20.8 Å². The Morgan fingerprint density at radius 1 is 1.31 bits per heavy atom. The molecule has 1 atom stereocenters. The van der Waals surface area contributed by atoms with Gasteiger partial charge in [-0.05, 0) is 29.2 Å². The molecule has 3 aromatic rings. The summed E-state index contributed by atoms with van der Waals surface area (Å²) >= 11 is 0. The second-order valence-corrected chi connectivity index (χ2v) is 7.41. The summed E-state index contributed by atoms with van der Waals surface area (Å²) in [6, 6.07) is 10.5. The number of ether oxygens (including phenoxy) is 1. The Hall–Kier alpha value is -2.78. The fourth-order valence-electron chi connectivity index (χ4n) is 3.51. The maximum absolute atomic E-state index is 13.4. The van der Waals surface area contributed by atoms with E-state index < -0.39 is 18.9 Å². The molecule has 2 aromatic carbocycles. The number of nitrogens with two attached hydrogens (primary N) is 1. The SMILES string of the molecule is CB(O)c1ccc(OC[C@@H]2CC(F)(F)CN2)c(-c2ccc3c(N)cnnc3c2)c1. The fourth-order valence-corrected chi connectivity index (χ4v) is 3.51. The minimum absolute atomic E-state index is 0.122. The number of rotatable bonds is 5. The summed E-state index contributed by atoms with van der Waals surface area (Å²) in [5.74, 6) is -2.16. The fraction of sp³-hybridized carbons (Fsp3) is 0.300. The first-order valence-corrected chi connectivity index (χ1v) is 9.40. The van der Waals surface area contributed by atoms with Gasteiger partial charge in [-0.15, -0.1) is 0 Å². The first-order chi connectivity index (χ1) is 13.8. The van der Waals surface area contributed by atoms with Crippen LogP contribution in [0.1, 0.15) is 6.42 Å². The van der Waals surface area contributed by atoms with Gasteiger partial charge in [0.2, 0.25) is 0 Å². The van der Waals surface area contributed by atoms with Crippen LogP contribution in [0.25, 0.3) is 22.0 Å². The number of nitrogens with one attached hydrogen (secondary N) is 1. The van der Waals surface area contributed by atoms with Gasteiger partial charge in [-0.3, -0.25) is 0 Å². The Kier molecular flexibility index (Phi) is 5.10. The molecule has 0 bridgehead atoms. The molecule has 2 heterocycles. The molecular weight excluding hydrogens is 377 g/mol. The minimum atomic E-state index is -2.70. The summed E-state index contributed by atoms with van der Waals surface area (Å²) in [6.45, 7) is 0.807. The second kappa shape index (κ2) is 7.57. The summed E-state index contributed by atoms with van der Waals surface area (Å²) in [6.07, 6.45) is 1.24. The lowest BCUT2D eigenvalue weighted by molar-refractivity contribution is 0.0196. The van der Waals surface area contributed by atoms with E-state index in [0.29, 0.717) is 17.0 Å². The number of nitrogens with zero attached hydrogens (tertiary/aromatic N) is 2. The van der Waals surface area contributed by atoms with Gasteiger partial charge in [0.25, 0.3) is 5.92 Å². The van der Waals surface area contributed by atoms with Crippen LogP contribution in [0.5, 0.6) is 5.75 Å². The number of hydrogen-bond acceptors (Lipinski definition) is 6. The number of anilines is 1. The Bertz CT molecular complexity index is 1050. The monoisotopic (exact) mass is 398 g/mol. The van der Waals surface area contributed by atoms with Crippen LogP contribution >= 0.6 is 0 Å². The van der Waals surface area contributed by atoms with Crippen LogP contribution in [0.15, 0.2) is 42.6 Å². The number of nitrogen functional groups attached to an aromatic ring is 1. The molecule has 150 valence electrons. The van der Waals surface area contributed by atoms with Gasteiger partial charge >= 0.3 is 6.92 Å². The minimum Gasteiger partial charge on any atom is -0.491 e. The molecule has 0 saturated carbocycles. The van der Waals surface area contributed by atoms with E-state index in [4.69, 9.17) is 10.5 Å². The number of hydrogen-bond donors (Lipinski definition) is 3. The summed E-state index contributed by atoms with van der Waals surface area (Å²) in [5, 5.41) is 21.6. The molecule has 0 aliphatic carbocycles. The Morgan fingerprint density at radius 3 is 2.86 bits per heavy atom. The van der Waals surface area contributed by atoms with Gasteiger partial charge in [-0.2, -0.15) is 10.2 Å². The van der Waals surface area contributed by atoms with Crippen molar-refractivity contribution in [2.24, 2.45) is 0 Å². The van der Waals surface area contributed by atoms with Crippen molar-refractivity contribution >= 4 is 29.0 Å². The van der Waals surface area contributed by atoms with E-state index in [2.05, 4.69) is 15.5 Å². The molecule has 0 amide bonds. The Labute approximate surface area is 167 Å². The number of benzene rings is 2. The largest absolute Gasteiger partial charge is 0.491 e.